The number of carbonyl (C=O) groups excluding carboxylic acids is 1. The molecule has 0 spiro atoms. The van der Waals surface area contributed by atoms with Crippen molar-refractivity contribution in [3.05, 3.63) is 76.6 Å². The summed E-state index contributed by atoms with van der Waals surface area (Å²) in [7, 11) is 0. The number of nitro groups is 1. The number of nitro benzene ring substituents is 1. The fourth-order valence-corrected chi connectivity index (χ4v) is 2.38. The van der Waals surface area contributed by atoms with Crippen LogP contribution in [0, 0.1) is 10.1 Å². The fraction of sp³-hybridized carbons (Fsp3) is 0.111. The molecular weight excluding hydrogens is 393 g/mol. The van der Waals surface area contributed by atoms with Gasteiger partial charge in [-0.05, 0) is 24.3 Å². The van der Waals surface area contributed by atoms with Gasteiger partial charge in [-0.25, -0.2) is 4.68 Å². The van der Waals surface area contributed by atoms with Gasteiger partial charge in [0.25, 0.3) is 11.6 Å². The van der Waals surface area contributed by atoms with Gasteiger partial charge in [0.05, 0.1) is 16.3 Å². The molecule has 0 aliphatic rings. The first-order valence-corrected chi connectivity index (χ1v) is 8.13. The summed E-state index contributed by atoms with van der Waals surface area (Å²) in [4.78, 5) is 22.7. The third kappa shape index (κ3) is 5.09. The van der Waals surface area contributed by atoms with Gasteiger partial charge >= 0.3 is 6.18 Å². The second-order valence-electron chi connectivity index (χ2n) is 5.78. The average Bonchev–Trinajstić information content (AvgIpc) is 3.17. The number of anilines is 1. The van der Waals surface area contributed by atoms with Gasteiger partial charge in [-0.1, -0.05) is 18.2 Å². The van der Waals surface area contributed by atoms with E-state index in [4.69, 9.17) is 4.74 Å². The quantitative estimate of drug-likeness (QED) is 0.493. The Morgan fingerprint density at radius 2 is 1.93 bits per heavy atom. The zero-order valence-corrected chi connectivity index (χ0v) is 14.6. The minimum Gasteiger partial charge on any atom is -0.482 e. The molecular formula is C18H13F3N4O4. The topological polar surface area (TPSA) is 99.3 Å². The van der Waals surface area contributed by atoms with Crippen LogP contribution in [0.4, 0.5) is 24.5 Å². The number of amides is 1. The smallest absolute Gasteiger partial charge is 0.422 e. The Morgan fingerprint density at radius 3 is 2.66 bits per heavy atom. The predicted molar refractivity (Wildman–Crippen MR) is 96.2 cm³/mol. The lowest BCUT2D eigenvalue weighted by atomic mass is 10.3. The van der Waals surface area contributed by atoms with Crippen LogP contribution >= 0.6 is 0 Å². The molecule has 1 heterocycles. The number of non-ortho nitro benzene ring substituents is 1. The predicted octanol–water partition coefficient (Wildman–Crippen LogP) is 3.97. The molecule has 8 nitrogen and oxygen atoms in total. The van der Waals surface area contributed by atoms with Crippen molar-refractivity contribution in [1.29, 1.82) is 0 Å². The number of alkyl halides is 3. The van der Waals surface area contributed by atoms with Crippen molar-refractivity contribution in [3.63, 3.8) is 0 Å². The standard InChI is InChI=1S/C18H13F3N4O4/c19-18(20,21)11-29-16-7-2-1-6-14(16)22-17(26)15-8-9-24(23-15)12-4-3-5-13(10-12)25(27)28/h1-10H,11H2,(H,22,26). The van der Waals surface area contributed by atoms with Gasteiger partial charge < -0.3 is 10.1 Å². The van der Waals surface area contributed by atoms with E-state index in [1.807, 2.05) is 0 Å². The van der Waals surface area contributed by atoms with E-state index in [0.717, 1.165) is 0 Å². The fourth-order valence-electron chi connectivity index (χ4n) is 2.38. The van der Waals surface area contributed by atoms with E-state index in [1.54, 1.807) is 6.07 Å². The Labute approximate surface area is 161 Å². The molecule has 1 aromatic heterocycles. The van der Waals surface area contributed by atoms with Gasteiger partial charge in [-0.3, -0.25) is 14.9 Å². The molecule has 0 bridgehead atoms. The van der Waals surface area contributed by atoms with E-state index in [-0.39, 0.29) is 22.8 Å². The second kappa shape index (κ2) is 8.00. The van der Waals surface area contributed by atoms with Crippen LogP contribution in [-0.4, -0.2) is 33.4 Å². The third-order valence-electron chi connectivity index (χ3n) is 3.65. The highest BCUT2D eigenvalue weighted by atomic mass is 19.4. The summed E-state index contributed by atoms with van der Waals surface area (Å²) < 4.78 is 43.1. The van der Waals surface area contributed by atoms with E-state index < -0.39 is 23.6 Å². The monoisotopic (exact) mass is 406 g/mol. The zero-order chi connectivity index (χ0) is 21.0. The van der Waals surface area contributed by atoms with E-state index in [2.05, 4.69) is 10.4 Å². The second-order valence-corrected chi connectivity index (χ2v) is 5.78. The molecule has 0 unspecified atom stereocenters. The van der Waals surface area contributed by atoms with Gasteiger partial charge in [0.15, 0.2) is 12.3 Å². The highest BCUT2D eigenvalue weighted by Gasteiger charge is 2.29. The third-order valence-corrected chi connectivity index (χ3v) is 3.65. The molecule has 11 heteroatoms. The molecule has 0 aliphatic carbocycles. The maximum absolute atomic E-state index is 12.4. The summed E-state index contributed by atoms with van der Waals surface area (Å²) in [5.74, 6) is -0.825. The molecule has 0 fully saturated rings. The number of hydrogen-bond donors (Lipinski definition) is 1. The zero-order valence-electron chi connectivity index (χ0n) is 14.6. The highest BCUT2D eigenvalue weighted by Crippen LogP contribution is 2.26. The van der Waals surface area contributed by atoms with E-state index >= 15 is 0 Å². The molecule has 150 valence electrons. The molecule has 1 amide bonds. The molecule has 2 aromatic carbocycles. The van der Waals surface area contributed by atoms with Crippen LogP contribution in [0.5, 0.6) is 5.75 Å². The minimum atomic E-state index is -4.52. The Balaban J connectivity index is 1.76. The van der Waals surface area contributed by atoms with Gasteiger partial charge in [0, 0.05) is 18.3 Å². The Bertz CT molecular complexity index is 1050. The molecule has 0 aliphatic heterocycles. The summed E-state index contributed by atoms with van der Waals surface area (Å²) in [5.41, 5.74) is 0.237. The number of aromatic nitrogens is 2. The number of carbonyl (C=O) groups is 1. The number of benzene rings is 2. The maximum atomic E-state index is 12.4. The first kappa shape index (κ1) is 19.9. The van der Waals surface area contributed by atoms with Gasteiger partial charge in [0.2, 0.25) is 0 Å². The Kier molecular flexibility index (Phi) is 5.48. The molecule has 0 saturated carbocycles. The van der Waals surface area contributed by atoms with Gasteiger partial charge in [-0.2, -0.15) is 18.3 Å². The van der Waals surface area contributed by atoms with Crippen LogP contribution in [0.15, 0.2) is 60.8 Å². The summed E-state index contributed by atoms with van der Waals surface area (Å²) in [6, 6.07) is 12.7. The number of para-hydroxylation sites is 2. The van der Waals surface area contributed by atoms with E-state index in [9.17, 15) is 28.1 Å². The largest absolute Gasteiger partial charge is 0.482 e. The minimum absolute atomic E-state index is 0.0397. The van der Waals surface area contributed by atoms with Crippen LogP contribution in [0.25, 0.3) is 5.69 Å². The van der Waals surface area contributed by atoms with Crippen LogP contribution in [-0.2, 0) is 0 Å². The summed E-state index contributed by atoms with van der Waals surface area (Å²) in [6.45, 7) is -1.50. The van der Waals surface area contributed by atoms with Crippen LogP contribution < -0.4 is 10.1 Å². The molecule has 29 heavy (non-hydrogen) atoms. The highest BCUT2D eigenvalue weighted by molar-refractivity contribution is 6.03. The first-order chi connectivity index (χ1) is 13.7. The number of hydrogen-bond acceptors (Lipinski definition) is 5. The Hall–Kier alpha value is -3.89. The van der Waals surface area contributed by atoms with Crippen LogP contribution in [0.3, 0.4) is 0 Å². The number of rotatable bonds is 6. The lowest BCUT2D eigenvalue weighted by Crippen LogP contribution is -2.20. The van der Waals surface area contributed by atoms with E-state index in [0.29, 0.717) is 5.69 Å². The van der Waals surface area contributed by atoms with Crippen molar-refractivity contribution in [2.45, 2.75) is 6.18 Å². The summed E-state index contributed by atoms with van der Waals surface area (Å²) >= 11 is 0. The molecule has 0 atom stereocenters. The molecule has 3 aromatic rings. The van der Waals surface area contributed by atoms with Crippen molar-refractivity contribution in [2.75, 3.05) is 11.9 Å². The van der Waals surface area contributed by atoms with Gasteiger partial charge in [0.1, 0.15) is 5.75 Å². The lowest BCUT2D eigenvalue weighted by Gasteiger charge is -2.13. The maximum Gasteiger partial charge on any atom is 0.422 e. The van der Waals surface area contributed by atoms with Gasteiger partial charge in [-0.15, -0.1) is 0 Å². The number of nitrogens with zero attached hydrogens (tertiary/aromatic N) is 3. The average molecular weight is 406 g/mol. The van der Waals surface area contributed by atoms with Crippen molar-refractivity contribution >= 4 is 17.3 Å². The number of nitrogens with one attached hydrogen (secondary N) is 1. The normalized spacial score (nSPS) is 11.1. The van der Waals surface area contributed by atoms with Crippen molar-refractivity contribution in [1.82, 2.24) is 9.78 Å². The van der Waals surface area contributed by atoms with Crippen LogP contribution in [0.1, 0.15) is 10.5 Å². The summed E-state index contributed by atoms with van der Waals surface area (Å²) in [5, 5.41) is 17.4. The lowest BCUT2D eigenvalue weighted by molar-refractivity contribution is -0.384. The van der Waals surface area contributed by atoms with Crippen molar-refractivity contribution < 1.29 is 27.6 Å². The molecule has 3 rings (SSSR count). The number of halogens is 3. The SMILES string of the molecule is O=C(Nc1ccccc1OCC(F)(F)F)c1ccn(-c2cccc([N+](=O)[O-])c2)n1. The molecule has 0 radical (unpaired) electrons. The number of ether oxygens (including phenoxy) is 1. The Morgan fingerprint density at radius 1 is 1.17 bits per heavy atom. The first-order valence-electron chi connectivity index (χ1n) is 8.13. The van der Waals surface area contributed by atoms with Crippen molar-refractivity contribution in [2.24, 2.45) is 0 Å². The molecule has 1 N–H and O–H groups in total. The van der Waals surface area contributed by atoms with Crippen LogP contribution in [0.2, 0.25) is 0 Å². The van der Waals surface area contributed by atoms with Crippen molar-refractivity contribution in [3.8, 4) is 11.4 Å². The molecule has 0 saturated heterocycles. The summed E-state index contributed by atoms with van der Waals surface area (Å²) in [6.07, 6.45) is -3.09. The van der Waals surface area contributed by atoms with E-state index in [1.165, 1.54) is 59.4 Å².